The number of rotatable bonds is 4. The fourth-order valence-corrected chi connectivity index (χ4v) is 3.74. The minimum Gasteiger partial charge on any atom is -0.355 e. The van der Waals surface area contributed by atoms with Gasteiger partial charge >= 0.3 is 0 Å². The molecule has 0 bridgehead atoms. The molecule has 18 heavy (non-hydrogen) atoms. The molecule has 0 radical (unpaired) electrons. The van der Waals surface area contributed by atoms with Crippen LogP contribution in [0.5, 0.6) is 0 Å². The van der Waals surface area contributed by atoms with E-state index in [2.05, 4.69) is 12.2 Å². The number of amides is 1. The molecular weight excluding hydrogens is 224 g/mol. The molecular formula is C15H28N2O. The molecule has 2 aliphatic carbocycles. The van der Waals surface area contributed by atoms with Crippen molar-refractivity contribution in [3.8, 4) is 0 Å². The van der Waals surface area contributed by atoms with Gasteiger partial charge in [0.25, 0.3) is 0 Å². The summed E-state index contributed by atoms with van der Waals surface area (Å²) in [4.78, 5) is 12.4. The molecule has 0 aromatic carbocycles. The van der Waals surface area contributed by atoms with Gasteiger partial charge in [-0.25, -0.2) is 0 Å². The number of carbonyl (C=O) groups is 1. The Kier molecular flexibility index (Phi) is 4.66. The van der Waals surface area contributed by atoms with E-state index in [1.54, 1.807) is 0 Å². The van der Waals surface area contributed by atoms with Gasteiger partial charge in [-0.1, -0.05) is 26.2 Å². The van der Waals surface area contributed by atoms with Crippen LogP contribution in [-0.4, -0.2) is 18.5 Å². The van der Waals surface area contributed by atoms with E-state index in [1.165, 1.54) is 25.7 Å². The van der Waals surface area contributed by atoms with Crippen LogP contribution in [0.3, 0.4) is 0 Å². The zero-order valence-corrected chi connectivity index (χ0v) is 11.7. The van der Waals surface area contributed by atoms with Crippen molar-refractivity contribution in [3.63, 3.8) is 0 Å². The Balaban J connectivity index is 1.80. The lowest BCUT2D eigenvalue weighted by atomic mass is 9.81. The van der Waals surface area contributed by atoms with Crippen molar-refractivity contribution in [3.05, 3.63) is 0 Å². The van der Waals surface area contributed by atoms with Crippen molar-refractivity contribution < 1.29 is 4.79 Å². The molecule has 2 saturated carbocycles. The summed E-state index contributed by atoms with van der Waals surface area (Å²) in [6, 6.07) is 0.354. The highest BCUT2D eigenvalue weighted by Gasteiger charge is 2.39. The highest BCUT2D eigenvalue weighted by molar-refractivity contribution is 5.82. The van der Waals surface area contributed by atoms with Crippen molar-refractivity contribution in [1.82, 2.24) is 5.32 Å². The number of nitrogens with two attached hydrogens (primary N) is 1. The van der Waals surface area contributed by atoms with Crippen molar-refractivity contribution in [2.75, 3.05) is 6.54 Å². The van der Waals surface area contributed by atoms with E-state index in [-0.39, 0.29) is 5.41 Å². The zero-order valence-electron chi connectivity index (χ0n) is 11.7. The lowest BCUT2D eigenvalue weighted by Gasteiger charge is -2.30. The molecule has 3 heteroatoms. The summed E-state index contributed by atoms with van der Waals surface area (Å²) in [5, 5.41) is 3.21. The lowest BCUT2D eigenvalue weighted by molar-refractivity contribution is -0.131. The fraction of sp³-hybridized carbons (Fsp3) is 0.933. The normalized spacial score (nSPS) is 31.2. The van der Waals surface area contributed by atoms with Gasteiger partial charge in [0, 0.05) is 18.0 Å². The molecule has 2 aliphatic rings. The van der Waals surface area contributed by atoms with Crippen LogP contribution in [0.4, 0.5) is 0 Å². The summed E-state index contributed by atoms with van der Waals surface area (Å²) in [5.41, 5.74) is 5.95. The maximum absolute atomic E-state index is 12.4. The highest BCUT2D eigenvalue weighted by atomic mass is 16.2. The van der Waals surface area contributed by atoms with E-state index in [0.29, 0.717) is 17.9 Å². The van der Waals surface area contributed by atoms with Crippen LogP contribution < -0.4 is 11.1 Å². The van der Waals surface area contributed by atoms with E-state index < -0.39 is 0 Å². The van der Waals surface area contributed by atoms with Crippen LogP contribution in [0.15, 0.2) is 0 Å². The standard InChI is InChI=1S/C15H28N2O/c1-2-15(8-3-4-9-15)14(18)17-11-12-6-5-7-13(16)10-12/h12-13H,2-11,16H2,1H3,(H,17,18). The van der Waals surface area contributed by atoms with Crippen LogP contribution in [0.1, 0.15) is 64.7 Å². The second-order valence-electron chi connectivity index (χ2n) is 6.34. The van der Waals surface area contributed by atoms with Crippen molar-refractivity contribution in [1.29, 1.82) is 0 Å². The fourth-order valence-electron chi connectivity index (χ4n) is 3.74. The first kappa shape index (κ1) is 13.9. The Bertz CT molecular complexity index is 284. The Morgan fingerprint density at radius 3 is 2.61 bits per heavy atom. The molecule has 0 heterocycles. The van der Waals surface area contributed by atoms with E-state index in [9.17, 15) is 4.79 Å². The van der Waals surface area contributed by atoms with Crippen LogP contribution in [0, 0.1) is 11.3 Å². The summed E-state index contributed by atoms with van der Waals surface area (Å²) in [6.07, 6.45) is 10.3. The van der Waals surface area contributed by atoms with Crippen LogP contribution in [0.2, 0.25) is 0 Å². The predicted octanol–water partition coefficient (Wildman–Crippen LogP) is 2.59. The SMILES string of the molecule is CCC1(C(=O)NCC2CCCC(N)C2)CCCC1. The Morgan fingerprint density at radius 2 is 2.00 bits per heavy atom. The molecule has 0 saturated heterocycles. The molecule has 3 nitrogen and oxygen atoms in total. The van der Waals surface area contributed by atoms with E-state index >= 15 is 0 Å². The van der Waals surface area contributed by atoms with Crippen LogP contribution in [0.25, 0.3) is 0 Å². The van der Waals surface area contributed by atoms with Crippen LogP contribution in [-0.2, 0) is 4.79 Å². The third kappa shape index (κ3) is 3.05. The van der Waals surface area contributed by atoms with Gasteiger partial charge in [-0.15, -0.1) is 0 Å². The zero-order chi connectivity index (χ0) is 13.0. The summed E-state index contributed by atoms with van der Waals surface area (Å²) in [7, 11) is 0. The first-order valence-corrected chi connectivity index (χ1v) is 7.70. The number of nitrogens with one attached hydrogen (secondary N) is 1. The first-order valence-electron chi connectivity index (χ1n) is 7.70. The topological polar surface area (TPSA) is 55.1 Å². The average molecular weight is 252 g/mol. The maximum Gasteiger partial charge on any atom is 0.226 e. The number of carbonyl (C=O) groups excluding carboxylic acids is 1. The van der Waals surface area contributed by atoms with E-state index in [4.69, 9.17) is 5.73 Å². The summed E-state index contributed by atoms with van der Waals surface area (Å²) in [6.45, 7) is 3.00. The summed E-state index contributed by atoms with van der Waals surface area (Å²) >= 11 is 0. The van der Waals surface area contributed by atoms with Gasteiger partial charge in [0.1, 0.15) is 0 Å². The average Bonchev–Trinajstić information content (AvgIpc) is 2.86. The smallest absolute Gasteiger partial charge is 0.226 e. The third-order valence-corrected chi connectivity index (χ3v) is 5.09. The minimum absolute atomic E-state index is 0.0449. The number of hydrogen-bond acceptors (Lipinski definition) is 2. The van der Waals surface area contributed by atoms with Gasteiger partial charge in [0.05, 0.1) is 0 Å². The lowest BCUT2D eigenvalue weighted by Crippen LogP contribution is -2.42. The molecule has 0 spiro atoms. The van der Waals surface area contributed by atoms with Gasteiger partial charge in [0.15, 0.2) is 0 Å². The van der Waals surface area contributed by atoms with Gasteiger partial charge in [-0.2, -0.15) is 0 Å². The van der Waals surface area contributed by atoms with E-state index in [1.807, 2.05) is 0 Å². The first-order chi connectivity index (χ1) is 8.66. The Hall–Kier alpha value is -0.570. The molecule has 2 rings (SSSR count). The maximum atomic E-state index is 12.4. The molecule has 0 aromatic rings. The molecule has 0 aliphatic heterocycles. The van der Waals surface area contributed by atoms with Crippen molar-refractivity contribution >= 4 is 5.91 Å². The molecule has 0 aromatic heterocycles. The molecule has 2 fully saturated rings. The Morgan fingerprint density at radius 1 is 1.28 bits per heavy atom. The molecule has 3 N–H and O–H groups in total. The molecule has 2 unspecified atom stereocenters. The van der Waals surface area contributed by atoms with Gasteiger partial charge in [-0.05, 0) is 44.4 Å². The molecule has 2 atom stereocenters. The van der Waals surface area contributed by atoms with Gasteiger partial charge in [0.2, 0.25) is 5.91 Å². The van der Waals surface area contributed by atoms with Crippen molar-refractivity contribution in [2.24, 2.45) is 17.1 Å². The van der Waals surface area contributed by atoms with Gasteiger partial charge < -0.3 is 11.1 Å². The largest absolute Gasteiger partial charge is 0.355 e. The molecule has 104 valence electrons. The van der Waals surface area contributed by atoms with Gasteiger partial charge in [-0.3, -0.25) is 4.79 Å². The predicted molar refractivity (Wildman–Crippen MR) is 74.1 cm³/mol. The Labute approximate surface area is 111 Å². The number of hydrogen-bond donors (Lipinski definition) is 2. The highest BCUT2D eigenvalue weighted by Crippen LogP contribution is 2.41. The monoisotopic (exact) mass is 252 g/mol. The third-order valence-electron chi connectivity index (χ3n) is 5.09. The quantitative estimate of drug-likeness (QED) is 0.808. The molecule has 1 amide bonds. The second kappa shape index (κ2) is 6.05. The van der Waals surface area contributed by atoms with E-state index in [0.717, 1.165) is 38.6 Å². The summed E-state index contributed by atoms with van der Waals surface area (Å²) in [5.74, 6) is 0.912. The second-order valence-corrected chi connectivity index (χ2v) is 6.34. The van der Waals surface area contributed by atoms with Crippen LogP contribution >= 0.6 is 0 Å². The minimum atomic E-state index is -0.0449. The van der Waals surface area contributed by atoms with Crippen molar-refractivity contribution in [2.45, 2.75) is 70.8 Å². The summed E-state index contributed by atoms with van der Waals surface area (Å²) < 4.78 is 0.